The van der Waals surface area contributed by atoms with Crippen molar-refractivity contribution in [2.45, 2.75) is 32.0 Å². The zero-order valence-electron chi connectivity index (χ0n) is 17.7. The molecule has 5 rings (SSSR count). The molecule has 0 aliphatic carbocycles. The lowest BCUT2D eigenvalue weighted by Gasteiger charge is -2.36. The Morgan fingerprint density at radius 1 is 1.28 bits per heavy atom. The second kappa shape index (κ2) is 8.88. The Kier molecular flexibility index (Phi) is 6.01. The Balaban J connectivity index is 0.00000245. The van der Waals surface area contributed by atoms with Crippen molar-refractivity contribution >= 4 is 36.9 Å². The smallest absolute Gasteiger partial charge is 0.249 e. The van der Waals surface area contributed by atoms with Crippen LogP contribution in [-0.4, -0.2) is 45.3 Å². The number of nitrogens with one attached hydrogen (secondary N) is 1. The lowest BCUT2D eigenvalue weighted by Crippen LogP contribution is -2.49. The molecule has 0 bridgehead atoms. The summed E-state index contributed by atoms with van der Waals surface area (Å²) < 4.78 is 1.82. The molecule has 0 spiro atoms. The number of nitrogens with zero attached hydrogens (tertiary/aromatic N) is 7. The molecule has 1 amide bonds. The molecule has 1 atom stereocenters. The molecule has 4 heterocycles. The van der Waals surface area contributed by atoms with Crippen LogP contribution in [0.3, 0.4) is 0 Å². The molecule has 1 fully saturated rings. The van der Waals surface area contributed by atoms with Crippen LogP contribution in [0.1, 0.15) is 29.5 Å². The van der Waals surface area contributed by atoms with Gasteiger partial charge in [-0.3, -0.25) is 9.48 Å². The van der Waals surface area contributed by atoms with Gasteiger partial charge in [-0.1, -0.05) is 18.2 Å². The SMILES string of the molecule is CN1C(=O)[C@@H]2CCCN2c2nc(NCc3cnn(Cc4ccccc4C#N)c3)ncc21.S. The van der Waals surface area contributed by atoms with Gasteiger partial charge in [-0.2, -0.15) is 28.8 Å². The molecule has 0 radical (unpaired) electrons. The zero-order valence-corrected chi connectivity index (χ0v) is 18.7. The van der Waals surface area contributed by atoms with Crippen LogP contribution < -0.4 is 15.1 Å². The van der Waals surface area contributed by atoms with Crippen molar-refractivity contribution in [2.75, 3.05) is 28.7 Å². The van der Waals surface area contributed by atoms with E-state index in [9.17, 15) is 10.1 Å². The number of aromatic nitrogens is 4. The number of hydrogen-bond donors (Lipinski definition) is 1. The highest BCUT2D eigenvalue weighted by atomic mass is 32.1. The van der Waals surface area contributed by atoms with E-state index in [1.165, 1.54) is 0 Å². The molecular weight excluding hydrogens is 424 g/mol. The standard InChI is InChI=1S/C22H22N8O.H2S/c1-28-19-12-25-22(27-20(19)30-8-4-7-18(30)21(28)31)24-10-15-11-26-29(13-15)14-17-6-3-2-5-16(17)9-23;/h2-3,5-6,11-13,18H,4,7-8,10,14H2,1H3,(H,24,25,27);1H2/t18-;/m0./s1. The third-order valence-electron chi connectivity index (χ3n) is 5.86. The number of carbonyl (C=O) groups excluding carboxylic acids is 1. The highest BCUT2D eigenvalue weighted by Gasteiger charge is 2.40. The summed E-state index contributed by atoms with van der Waals surface area (Å²) in [6, 6.07) is 9.63. The van der Waals surface area contributed by atoms with Gasteiger partial charge in [0.15, 0.2) is 5.82 Å². The van der Waals surface area contributed by atoms with Crippen molar-refractivity contribution in [1.29, 1.82) is 5.26 Å². The molecule has 164 valence electrons. The van der Waals surface area contributed by atoms with Gasteiger partial charge in [0.1, 0.15) is 11.7 Å². The van der Waals surface area contributed by atoms with Crippen LogP contribution in [0.25, 0.3) is 0 Å². The van der Waals surface area contributed by atoms with Gasteiger partial charge in [0.05, 0.1) is 30.6 Å². The first kappa shape index (κ1) is 21.6. The number of carbonyl (C=O) groups is 1. The Hall–Kier alpha value is -3.58. The van der Waals surface area contributed by atoms with Gasteiger partial charge in [-0.05, 0) is 24.5 Å². The monoisotopic (exact) mass is 448 g/mol. The average Bonchev–Trinajstić information content (AvgIpc) is 3.46. The van der Waals surface area contributed by atoms with Crippen molar-refractivity contribution < 1.29 is 4.79 Å². The Labute approximate surface area is 193 Å². The summed E-state index contributed by atoms with van der Waals surface area (Å²) in [5.74, 6) is 1.44. The Morgan fingerprint density at radius 2 is 2.12 bits per heavy atom. The summed E-state index contributed by atoms with van der Waals surface area (Å²) >= 11 is 0. The predicted octanol–water partition coefficient (Wildman–Crippen LogP) is 2.26. The highest BCUT2D eigenvalue weighted by molar-refractivity contribution is 7.59. The number of anilines is 3. The fourth-order valence-electron chi connectivity index (χ4n) is 4.23. The summed E-state index contributed by atoms with van der Waals surface area (Å²) in [6.07, 6.45) is 7.30. The summed E-state index contributed by atoms with van der Waals surface area (Å²) in [7, 11) is 1.78. The van der Waals surface area contributed by atoms with Crippen LogP contribution in [0.5, 0.6) is 0 Å². The van der Waals surface area contributed by atoms with Gasteiger partial charge in [0.25, 0.3) is 0 Å². The summed E-state index contributed by atoms with van der Waals surface area (Å²) in [6.45, 7) is 1.90. The molecule has 0 saturated carbocycles. The summed E-state index contributed by atoms with van der Waals surface area (Å²) in [5, 5.41) is 16.9. The van der Waals surface area contributed by atoms with E-state index in [-0.39, 0.29) is 25.4 Å². The molecule has 3 aromatic rings. The molecule has 2 aliphatic rings. The van der Waals surface area contributed by atoms with E-state index in [0.29, 0.717) is 24.6 Å². The molecular formula is C22H24N8OS. The molecule has 1 aromatic carbocycles. The molecule has 1 N–H and O–H groups in total. The van der Waals surface area contributed by atoms with Crippen LogP contribution >= 0.6 is 13.5 Å². The van der Waals surface area contributed by atoms with Gasteiger partial charge < -0.3 is 15.1 Å². The molecule has 2 aliphatic heterocycles. The van der Waals surface area contributed by atoms with Crippen LogP contribution in [0.4, 0.5) is 17.5 Å². The fourth-order valence-corrected chi connectivity index (χ4v) is 4.23. The van der Waals surface area contributed by atoms with Gasteiger partial charge >= 0.3 is 0 Å². The van der Waals surface area contributed by atoms with Crippen molar-refractivity contribution in [3.63, 3.8) is 0 Å². The van der Waals surface area contributed by atoms with E-state index >= 15 is 0 Å². The normalized spacial score (nSPS) is 16.8. The molecule has 32 heavy (non-hydrogen) atoms. The minimum atomic E-state index is -0.116. The molecule has 9 nitrogen and oxygen atoms in total. The molecule has 1 saturated heterocycles. The number of amides is 1. The third-order valence-corrected chi connectivity index (χ3v) is 5.86. The number of nitriles is 1. The summed E-state index contributed by atoms with van der Waals surface area (Å²) in [4.78, 5) is 25.4. The minimum Gasteiger partial charge on any atom is -0.350 e. The van der Waals surface area contributed by atoms with E-state index in [2.05, 4.69) is 26.4 Å². The first-order valence-corrected chi connectivity index (χ1v) is 10.3. The first-order valence-electron chi connectivity index (χ1n) is 10.3. The lowest BCUT2D eigenvalue weighted by molar-refractivity contribution is -0.119. The Morgan fingerprint density at radius 3 is 2.97 bits per heavy atom. The zero-order chi connectivity index (χ0) is 21.4. The van der Waals surface area contributed by atoms with E-state index in [0.717, 1.165) is 42.0 Å². The highest BCUT2D eigenvalue weighted by Crippen LogP contribution is 2.37. The number of fused-ring (bicyclic) bond motifs is 3. The summed E-state index contributed by atoms with van der Waals surface area (Å²) in [5.41, 5.74) is 3.33. The van der Waals surface area contributed by atoms with Gasteiger partial charge in [0.2, 0.25) is 11.9 Å². The van der Waals surface area contributed by atoms with Gasteiger partial charge in [0, 0.05) is 31.9 Å². The van der Waals surface area contributed by atoms with Crippen LogP contribution in [-0.2, 0) is 17.9 Å². The van der Waals surface area contributed by atoms with E-state index < -0.39 is 0 Å². The maximum atomic E-state index is 12.5. The quantitative estimate of drug-likeness (QED) is 0.639. The van der Waals surface area contributed by atoms with Crippen molar-refractivity contribution in [3.8, 4) is 6.07 Å². The molecule has 0 unspecified atom stereocenters. The third kappa shape index (κ3) is 3.87. The van der Waals surface area contributed by atoms with Crippen molar-refractivity contribution in [3.05, 3.63) is 59.5 Å². The van der Waals surface area contributed by atoms with E-state index in [1.54, 1.807) is 24.3 Å². The fraction of sp³-hybridized carbons (Fsp3) is 0.318. The lowest BCUT2D eigenvalue weighted by atomic mass is 10.1. The van der Waals surface area contributed by atoms with Crippen LogP contribution in [0, 0.1) is 11.3 Å². The van der Waals surface area contributed by atoms with Gasteiger partial charge in [-0.15, -0.1) is 0 Å². The minimum absolute atomic E-state index is 0. The molecule has 2 aromatic heterocycles. The predicted molar refractivity (Wildman–Crippen MR) is 126 cm³/mol. The van der Waals surface area contributed by atoms with Crippen LogP contribution in [0.15, 0.2) is 42.9 Å². The topological polar surface area (TPSA) is 103 Å². The maximum absolute atomic E-state index is 12.5. The largest absolute Gasteiger partial charge is 0.350 e. The number of rotatable bonds is 5. The first-order chi connectivity index (χ1) is 15.1. The van der Waals surface area contributed by atoms with Gasteiger partial charge in [-0.25, -0.2) is 4.98 Å². The number of hydrogen-bond acceptors (Lipinski definition) is 7. The molecule has 10 heteroatoms. The second-order valence-electron chi connectivity index (χ2n) is 7.82. The van der Waals surface area contributed by atoms with Crippen molar-refractivity contribution in [2.24, 2.45) is 0 Å². The maximum Gasteiger partial charge on any atom is 0.249 e. The van der Waals surface area contributed by atoms with Crippen molar-refractivity contribution in [1.82, 2.24) is 19.7 Å². The Bertz CT molecular complexity index is 1190. The number of benzene rings is 1. The number of likely N-dealkylation sites (N-methyl/N-ethyl adjacent to an activating group) is 1. The van der Waals surface area contributed by atoms with E-state index in [4.69, 9.17) is 4.98 Å². The average molecular weight is 449 g/mol. The second-order valence-corrected chi connectivity index (χ2v) is 7.82. The van der Waals surface area contributed by atoms with Crippen LogP contribution in [0.2, 0.25) is 0 Å². The van der Waals surface area contributed by atoms with E-state index in [1.807, 2.05) is 35.1 Å².